The number of hydrogen-bond acceptors (Lipinski definition) is 5. The SMILES string of the molecule is O=C(OCC[NH+]1CCN(C2=NS(=O)(=O)c3ccccc32)CC1)c1ccc(F)cc1. The van der Waals surface area contributed by atoms with Gasteiger partial charge in [-0.2, -0.15) is 8.42 Å². The third-order valence-corrected chi connectivity index (χ3v) is 6.48. The Morgan fingerprint density at radius 3 is 2.52 bits per heavy atom. The summed E-state index contributed by atoms with van der Waals surface area (Å²) in [6.45, 7) is 3.84. The first kappa shape index (κ1) is 19.5. The molecule has 0 spiro atoms. The van der Waals surface area contributed by atoms with Crippen LogP contribution in [-0.2, 0) is 14.8 Å². The molecule has 0 aliphatic carbocycles. The topological polar surface area (TPSA) is 80.5 Å². The fourth-order valence-corrected chi connectivity index (χ4v) is 4.79. The van der Waals surface area contributed by atoms with E-state index in [2.05, 4.69) is 4.40 Å². The van der Waals surface area contributed by atoms with Crippen molar-refractivity contribution in [2.45, 2.75) is 4.90 Å². The van der Waals surface area contributed by atoms with Gasteiger partial charge < -0.3 is 14.5 Å². The fraction of sp³-hybridized carbons (Fsp3) is 0.300. The van der Waals surface area contributed by atoms with Crippen LogP contribution in [-0.4, -0.2) is 64.5 Å². The number of benzene rings is 2. The number of halogens is 1. The van der Waals surface area contributed by atoms with Crippen LogP contribution in [0.5, 0.6) is 0 Å². The molecule has 0 radical (unpaired) electrons. The molecule has 2 aliphatic heterocycles. The van der Waals surface area contributed by atoms with Gasteiger partial charge in [0.15, 0.2) is 5.84 Å². The van der Waals surface area contributed by atoms with Crippen LogP contribution in [0.15, 0.2) is 57.8 Å². The molecule has 0 atom stereocenters. The number of nitrogens with zero attached hydrogens (tertiary/aromatic N) is 2. The molecule has 1 N–H and O–H groups in total. The maximum atomic E-state index is 12.9. The normalized spacial score (nSPS) is 18.2. The summed E-state index contributed by atoms with van der Waals surface area (Å²) >= 11 is 0. The van der Waals surface area contributed by atoms with E-state index in [1.807, 2.05) is 11.0 Å². The number of sulfonamides is 1. The Bertz CT molecular complexity index is 1050. The highest BCUT2D eigenvalue weighted by Crippen LogP contribution is 2.27. The van der Waals surface area contributed by atoms with Gasteiger partial charge in [0.1, 0.15) is 23.9 Å². The molecule has 2 heterocycles. The zero-order valence-corrected chi connectivity index (χ0v) is 16.5. The van der Waals surface area contributed by atoms with Crippen molar-refractivity contribution in [1.82, 2.24) is 4.90 Å². The summed E-state index contributed by atoms with van der Waals surface area (Å²) in [6.07, 6.45) is 0. The van der Waals surface area contributed by atoms with Crippen LogP contribution in [0, 0.1) is 5.82 Å². The van der Waals surface area contributed by atoms with Gasteiger partial charge in [0, 0.05) is 5.56 Å². The van der Waals surface area contributed by atoms with Crippen molar-refractivity contribution in [3.05, 3.63) is 65.5 Å². The van der Waals surface area contributed by atoms with Crippen LogP contribution in [0.2, 0.25) is 0 Å². The molecule has 0 amide bonds. The van der Waals surface area contributed by atoms with Crippen molar-refractivity contribution in [2.24, 2.45) is 4.40 Å². The van der Waals surface area contributed by atoms with Crippen molar-refractivity contribution in [2.75, 3.05) is 39.3 Å². The van der Waals surface area contributed by atoms with E-state index in [9.17, 15) is 17.6 Å². The maximum Gasteiger partial charge on any atom is 0.338 e. The summed E-state index contributed by atoms with van der Waals surface area (Å²) in [6, 6.07) is 12.1. The third-order valence-electron chi connectivity index (χ3n) is 5.15. The van der Waals surface area contributed by atoms with Crippen LogP contribution in [0.25, 0.3) is 0 Å². The number of hydrogen-bond donors (Lipinski definition) is 1. The summed E-state index contributed by atoms with van der Waals surface area (Å²) in [5.74, 6) is -0.348. The van der Waals surface area contributed by atoms with Crippen LogP contribution >= 0.6 is 0 Å². The van der Waals surface area contributed by atoms with E-state index in [0.29, 0.717) is 36.6 Å². The summed E-state index contributed by atoms with van der Waals surface area (Å²) in [4.78, 5) is 15.5. The molecule has 29 heavy (non-hydrogen) atoms. The van der Waals surface area contributed by atoms with Gasteiger partial charge in [-0.15, -0.1) is 4.40 Å². The van der Waals surface area contributed by atoms with E-state index in [1.165, 1.54) is 29.2 Å². The Morgan fingerprint density at radius 1 is 1.10 bits per heavy atom. The lowest BCUT2D eigenvalue weighted by Gasteiger charge is -2.33. The van der Waals surface area contributed by atoms with Crippen molar-refractivity contribution < 1.29 is 27.2 Å². The van der Waals surface area contributed by atoms with Crippen molar-refractivity contribution in [1.29, 1.82) is 0 Å². The second kappa shape index (κ2) is 7.92. The molecule has 1 saturated heterocycles. The minimum atomic E-state index is -3.61. The summed E-state index contributed by atoms with van der Waals surface area (Å²) < 4.78 is 46.6. The number of carbonyl (C=O) groups excluding carboxylic acids is 1. The number of rotatable bonds is 4. The van der Waals surface area contributed by atoms with Gasteiger partial charge in [-0.1, -0.05) is 12.1 Å². The number of fused-ring (bicyclic) bond motifs is 1. The number of esters is 1. The predicted molar refractivity (Wildman–Crippen MR) is 104 cm³/mol. The lowest BCUT2D eigenvalue weighted by atomic mass is 10.1. The number of ether oxygens (including phenoxy) is 1. The molecule has 0 aromatic heterocycles. The minimum absolute atomic E-state index is 0.262. The average Bonchev–Trinajstić information content (AvgIpc) is 3.00. The zero-order chi connectivity index (χ0) is 20.4. The second-order valence-corrected chi connectivity index (χ2v) is 8.59. The number of carbonyl (C=O) groups is 1. The number of nitrogens with one attached hydrogen (secondary N) is 1. The molecule has 1 fully saturated rings. The summed E-state index contributed by atoms with van der Waals surface area (Å²) in [7, 11) is -3.61. The maximum absolute atomic E-state index is 12.9. The van der Waals surface area contributed by atoms with Crippen molar-refractivity contribution in [3.8, 4) is 0 Å². The van der Waals surface area contributed by atoms with E-state index in [1.54, 1.807) is 18.2 Å². The van der Waals surface area contributed by atoms with Gasteiger partial charge in [-0.05, 0) is 36.4 Å². The van der Waals surface area contributed by atoms with Gasteiger partial charge in [0.2, 0.25) is 0 Å². The van der Waals surface area contributed by atoms with E-state index in [0.717, 1.165) is 13.1 Å². The first-order chi connectivity index (χ1) is 13.9. The summed E-state index contributed by atoms with van der Waals surface area (Å²) in [5.41, 5.74) is 0.981. The Hall–Kier alpha value is -2.78. The highest BCUT2D eigenvalue weighted by Gasteiger charge is 2.33. The molecule has 0 bridgehead atoms. The Morgan fingerprint density at radius 2 is 1.79 bits per heavy atom. The molecule has 2 aliphatic rings. The fourth-order valence-electron chi connectivity index (χ4n) is 3.56. The van der Waals surface area contributed by atoms with E-state index in [4.69, 9.17) is 4.74 Å². The van der Waals surface area contributed by atoms with Gasteiger partial charge in [-0.3, -0.25) is 0 Å². The van der Waals surface area contributed by atoms with Crippen LogP contribution in [0.4, 0.5) is 4.39 Å². The minimum Gasteiger partial charge on any atom is -0.456 e. The Kier molecular flexibility index (Phi) is 5.33. The predicted octanol–water partition coefficient (Wildman–Crippen LogP) is 0.332. The highest BCUT2D eigenvalue weighted by atomic mass is 32.2. The molecule has 7 nitrogen and oxygen atoms in total. The molecular weight excluding hydrogens is 397 g/mol. The standard InChI is InChI=1S/C20H20FN3O4S/c21-16-7-5-15(6-8-16)20(25)28-14-13-23-9-11-24(12-10-23)19-17-3-1-2-4-18(17)29(26,27)22-19/h1-8H,9-14H2/p+1. The molecule has 0 saturated carbocycles. The monoisotopic (exact) mass is 418 g/mol. The molecule has 9 heteroatoms. The quantitative estimate of drug-likeness (QED) is 0.724. The van der Waals surface area contributed by atoms with Gasteiger partial charge in [-0.25, -0.2) is 9.18 Å². The molecule has 2 aromatic rings. The number of quaternary nitrogens is 1. The van der Waals surface area contributed by atoms with Gasteiger partial charge in [0.05, 0.1) is 31.7 Å². The first-order valence-electron chi connectivity index (χ1n) is 9.39. The van der Waals surface area contributed by atoms with E-state index in [-0.39, 0.29) is 11.5 Å². The molecule has 4 rings (SSSR count). The molecule has 2 aromatic carbocycles. The van der Waals surface area contributed by atoms with Gasteiger partial charge in [0.25, 0.3) is 10.0 Å². The largest absolute Gasteiger partial charge is 0.456 e. The second-order valence-electron chi connectivity index (χ2n) is 7.02. The van der Waals surface area contributed by atoms with E-state index >= 15 is 0 Å². The Labute approximate surface area is 168 Å². The van der Waals surface area contributed by atoms with E-state index < -0.39 is 21.8 Å². The van der Waals surface area contributed by atoms with Gasteiger partial charge >= 0.3 is 5.97 Å². The van der Waals surface area contributed by atoms with Crippen molar-refractivity contribution >= 4 is 21.8 Å². The first-order valence-corrected chi connectivity index (χ1v) is 10.8. The lowest BCUT2D eigenvalue weighted by Crippen LogP contribution is -3.15. The lowest BCUT2D eigenvalue weighted by molar-refractivity contribution is -0.904. The zero-order valence-electron chi connectivity index (χ0n) is 15.7. The van der Waals surface area contributed by atoms with Crippen LogP contribution in [0.1, 0.15) is 15.9 Å². The molecular formula is C20H21FN3O4S+. The number of piperazine rings is 1. The highest BCUT2D eigenvalue weighted by molar-refractivity contribution is 7.90. The smallest absolute Gasteiger partial charge is 0.338 e. The summed E-state index contributed by atoms with van der Waals surface area (Å²) in [5, 5.41) is 0. The molecule has 0 unspecified atom stereocenters. The van der Waals surface area contributed by atoms with Crippen LogP contribution < -0.4 is 4.90 Å². The number of amidine groups is 1. The van der Waals surface area contributed by atoms with Crippen molar-refractivity contribution in [3.63, 3.8) is 0 Å². The average molecular weight is 418 g/mol. The molecule has 152 valence electrons. The Balaban J connectivity index is 1.28. The van der Waals surface area contributed by atoms with Crippen LogP contribution in [0.3, 0.4) is 0 Å². The third kappa shape index (κ3) is 4.15.